The van der Waals surface area contributed by atoms with Crippen LogP contribution in [0.3, 0.4) is 0 Å². The molecule has 2 rings (SSSR count). The van der Waals surface area contributed by atoms with Crippen LogP contribution in [-0.2, 0) is 6.61 Å². The molecule has 3 N–H and O–H groups in total. The molecule has 132 valence electrons. The number of nitrogens with zero attached hydrogens (tertiary/aromatic N) is 1. The van der Waals surface area contributed by atoms with Gasteiger partial charge in [-0.2, -0.15) is 5.10 Å². The summed E-state index contributed by atoms with van der Waals surface area (Å²) in [5.41, 5.74) is 7.95. The van der Waals surface area contributed by atoms with E-state index >= 15 is 0 Å². The Morgan fingerprint density at radius 3 is 2.80 bits per heavy atom. The Bertz CT molecular complexity index is 763. The third kappa shape index (κ3) is 5.36. The van der Waals surface area contributed by atoms with Gasteiger partial charge in [0, 0.05) is 5.56 Å². The number of nitrogens with two attached hydrogens (primary N) is 1. The maximum absolute atomic E-state index is 13.8. The number of rotatable bonds is 7. The van der Waals surface area contributed by atoms with E-state index in [0.29, 0.717) is 28.7 Å². The normalized spacial score (nSPS) is 10.7. The number of hydrazone groups is 1. The van der Waals surface area contributed by atoms with Gasteiger partial charge in [0.25, 0.3) is 0 Å². The molecule has 2 amide bonds. The number of ether oxygens (including phenoxy) is 2. The number of amides is 2. The van der Waals surface area contributed by atoms with Gasteiger partial charge in [-0.3, -0.25) is 0 Å². The number of nitrogens with one attached hydrogen (secondary N) is 1. The van der Waals surface area contributed by atoms with E-state index in [4.69, 9.17) is 26.8 Å². The van der Waals surface area contributed by atoms with Gasteiger partial charge < -0.3 is 15.2 Å². The van der Waals surface area contributed by atoms with Gasteiger partial charge in [-0.15, -0.1) is 0 Å². The van der Waals surface area contributed by atoms with Crippen molar-refractivity contribution >= 4 is 23.8 Å². The van der Waals surface area contributed by atoms with Gasteiger partial charge >= 0.3 is 6.03 Å². The van der Waals surface area contributed by atoms with Crippen molar-refractivity contribution in [2.75, 3.05) is 6.61 Å². The molecule has 2 aromatic rings. The van der Waals surface area contributed by atoms with E-state index in [9.17, 15) is 9.18 Å². The van der Waals surface area contributed by atoms with Crippen molar-refractivity contribution in [3.63, 3.8) is 0 Å². The third-order valence-corrected chi connectivity index (χ3v) is 3.44. The summed E-state index contributed by atoms with van der Waals surface area (Å²) in [6, 6.07) is 8.72. The van der Waals surface area contributed by atoms with Gasteiger partial charge in [-0.25, -0.2) is 14.6 Å². The van der Waals surface area contributed by atoms with E-state index in [1.54, 1.807) is 24.3 Å². The van der Waals surface area contributed by atoms with Gasteiger partial charge in [0.2, 0.25) is 0 Å². The zero-order valence-corrected chi connectivity index (χ0v) is 14.2. The highest BCUT2D eigenvalue weighted by Gasteiger charge is 2.11. The van der Waals surface area contributed by atoms with E-state index < -0.39 is 11.8 Å². The van der Waals surface area contributed by atoms with Crippen LogP contribution in [0, 0.1) is 5.82 Å². The first-order valence-corrected chi connectivity index (χ1v) is 7.80. The second-order valence-electron chi connectivity index (χ2n) is 4.86. The lowest BCUT2D eigenvalue weighted by Gasteiger charge is -2.13. The molecule has 0 aliphatic rings. The van der Waals surface area contributed by atoms with Gasteiger partial charge in [-0.05, 0) is 42.8 Å². The number of halogens is 2. The summed E-state index contributed by atoms with van der Waals surface area (Å²) in [5.74, 6) is 0.450. The highest BCUT2D eigenvalue weighted by Crippen LogP contribution is 2.30. The molecule has 2 aromatic carbocycles. The molecule has 0 bridgehead atoms. The van der Waals surface area contributed by atoms with Crippen molar-refractivity contribution < 1.29 is 18.7 Å². The lowest BCUT2D eigenvalue weighted by atomic mass is 10.2. The Labute approximate surface area is 149 Å². The predicted octanol–water partition coefficient (Wildman–Crippen LogP) is 3.46. The molecular formula is C17H17ClFN3O3. The molecule has 0 radical (unpaired) electrons. The van der Waals surface area contributed by atoms with E-state index in [1.807, 2.05) is 6.92 Å². The molecule has 0 spiro atoms. The number of urea groups is 1. The van der Waals surface area contributed by atoms with Gasteiger partial charge in [0.05, 0.1) is 17.8 Å². The number of benzene rings is 2. The number of hydrogen-bond acceptors (Lipinski definition) is 4. The van der Waals surface area contributed by atoms with Crippen LogP contribution in [-0.4, -0.2) is 18.9 Å². The molecule has 0 atom stereocenters. The number of carbonyl (C=O) groups excluding carboxylic acids is 1. The van der Waals surface area contributed by atoms with Crippen molar-refractivity contribution in [3.8, 4) is 11.5 Å². The monoisotopic (exact) mass is 365 g/mol. The average molecular weight is 366 g/mol. The van der Waals surface area contributed by atoms with Crippen LogP contribution in [0.2, 0.25) is 5.02 Å². The van der Waals surface area contributed by atoms with Crippen molar-refractivity contribution in [1.82, 2.24) is 5.43 Å². The Balaban J connectivity index is 2.16. The average Bonchev–Trinajstić information content (AvgIpc) is 2.56. The predicted molar refractivity (Wildman–Crippen MR) is 93.7 cm³/mol. The van der Waals surface area contributed by atoms with Crippen LogP contribution < -0.4 is 20.6 Å². The summed E-state index contributed by atoms with van der Waals surface area (Å²) in [7, 11) is 0. The number of hydrogen-bond donors (Lipinski definition) is 2. The van der Waals surface area contributed by atoms with E-state index in [-0.39, 0.29) is 12.2 Å². The molecule has 0 aromatic heterocycles. The Morgan fingerprint density at radius 1 is 1.32 bits per heavy atom. The lowest BCUT2D eigenvalue weighted by molar-refractivity contribution is 0.249. The molecule has 6 nitrogen and oxygen atoms in total. The quantitative estimate of drug-likeness (QED) is 0.582. The minimum atomic E-state index is -0.761. The maximum Gasteiger partial charge on any atom is 0.332 e. The first kappa shape index (κ1) is 18.5. The zero-order valence-electron chi connectivity index (χ0n) is 13.5. The molecule has 0 heterocycles. The summed E-state index contributed by atoms with van der Waals surface area (Å²) in [6.45, 7) is 2.20. The van der Waals surface area contributed by atoms with E-state index in [0.717, 1.165) is 0 Å². The van der Waals surface area contributed by atoms with Crippen LogP contribution in [0.15, 0.2) is 41.5 Å². The number of carbonyl (C=O) groups is 1. The summed E-state index contributed by atoms with van der Waals surface area (Å²) in [4.78, 5) is 10.6. The van der Waals surface area contributed by atoms with Crippen LogP contribution in [0.4, 0.5) is 9.18 Å². The SMILES string of the molecule is CCOc1cc(C=NNC(N)=O)ccc1OCc1c(F)cccc1Cl. The second kappa shape index (κ2) is 8.89. The molecule has 25 heavy (non-hydrogen) atoms. The highest BCUT2D eigenvalue weighted by atomic mass is 35.5. The fourth-order valence-electron chi connectivity index (χ4n) is 1.98. The Kier molecular flexibility index (Phi) is 6.59. The number of primary amides is 1. The van der Waals surface area contributed by atoms with E-state index in [1.165, 1.54) is 18.3 Å². The summed E-state index contributed by atoms with van der Waals surface area (Å²) in [5, 5.41) is 3.97. The maximum atomic E-state index is 13.8. The summed E-state index contributed by atoms with van der Waals surface area (Å²) >= 11 is 5.99. The topological polar surface area (TPSA) is 85.9 Å². The largest absolute Gasteiger partial charge is 0.490 e. The van der Waals surface area contributed by atoms with Gasteiger partial charge in [0.1, 0.15) is 12.4 Å². The van der Waals surface area contributed by atoms with Crippen molar-refractivity contribution in [1.29, 1.82) is 0 Å². The molecule has 0 aliphatic carbocycles. The third-order valence-electron chi connectivity index (χ3n) is 3.09. The summed E-state index contributed by atoms with van der Waals surface area (Å²) in [6.07, 6.45) is 1.41. The molecule has 0 aliphatic heterocycles. The first-order valence-electron chi connectivity index (χ1n) is 7.42. The Hall–Kier alpha value is -2.80. The summed E-state index contributed by atoms with van der Waals surface area (Å²) < 4.78 is 25.0. The van der Waals surface area contributed by atoms with Crippen molar-refractivity contribution in [2.45, 2.75) is 13.5 Å². The van der Waals surface area contributed by atoms with Crippen molar-refractivity contribution in [2.24, 2.45) is 10.8 Å². The fraction of sp³-hybridized carbons (Fsp3) is 0.176. The van der Waals surface area contributed by atoms with Crippen LogP contribution in [0.25, 0.3) is 0 Å². The molecule has 8 heteroatoms. The van der Waals surface area contributed by atoms with Crippen LogP contribution >= 0.6 is 11.6 Å². The zero-order chi connectivity index (χ0) is 18.2. The van der Waals surface area contributed by atoms with E-state index in [2.05, 4.69) is 10.5 Å². The molecule has 0 saturated heterocycles. The molecule has 0 unspecified atom stereocenters. The van der Waals surface area contributed by atoms with Crippen LogP contribution in [0.1, 0.15) is 18.1 Å². The molecular weight excluding hydrogens is 349 g/mol. The smallest absolute Gasteiger partial charge is 0.332 e. The Morgan fingerprint density at radius 2 is 2.12 bits per heavy atom. The minimum Gasteiger partial charge on any atom is -0.490 e. The van der Waals surface area contributed by atoms with Crippen molar-refractivity contribution in [3.05, 3.63) is 58.4 Å². The second-order valence-corrected chi connectivity index (χ2v) is 5.27. The standard InChI is InChI=1S/C17H17ClFN3O3/c1-2-24-16-8-11(9-21-22-17(20)23)6-7-15(16)25-10-12-13(18)4-3-5-14(12)19/h3-9H,2,10H2,1H3,(H3,20,22,23). The first-order chi connectivity index (χ1) is 12.0. The highest BCUT2D eigenvalue weighted by molar-refractivity contribution is 6.31. The van der Waals surface area contributed by atoms with Gasteiger partial charge in [-0.1, -0.05) is 17.7 Å². The van der Waals surface area contributed by atoms with Crippen LogP contribution in [0.5, 0.6) is 11.5 Å². The molecule has 0 fully saturated rings. The van der Waals surface area contributed by atoms with Gasteiger partial charge in [0.15, 0.2) is 11.5 Å². The molecule has 0 saturated carbocycles. The lowest BCUT2D eigenvalue weighted by Crippen LogP contribution is -2.24. The fourth-order valence-corrected chi connectivity index (χ4v) is 2.20. The minimum absolute atomic E-state index is 0.0394.